The molecule has 1 heterocycles. The van der Waals surface area contributed by atoms with Gasteiger partial charge < -0.3 is 14.2 Å². The molecule has 26 heavy (non-hydrogen) atoms. The molecule has 1 unspecified atom stereocenters. The number of Topliss-reactive ketones (excluding diaryl/α,β-unsaturated/α-hetero) is 1. The predicted octanol–water partition coefficient (Wildman–Crippen LogP) is 2.07. The first-order valence-corrected chi connectivity index (χ1v) is 9.11. The van der Waals surface area contributed by atoms with Crippen LogP contribution in [0.5, 0.6) is 11.5 Å². The minimum Gasteiger partial charge on any atom is -0.493 e. The number of rotatable bonds is 4. The fourth-order valence-corrected chi connectivity index (χ4v) is 5.23. The van der Waals surface area contributed by atoms with E-state index in [1.165, 1.54) is 12.5 Å². The number of hydrogen-bond acceptors (Lipinski definition) is 6. The molecule has 0 bridgehead atoms. The molecule has 0 saturated heterocycles. The number of benzene rings is 1. The molecule has 1 saturated carbocycles. The van der Waals surface area contributed by atoms with Crippen molar-refractivity contribution >= 4 is 11.8 Å². The smallest absolute Gasteiger partial charge is 0.303 e. The number of ketones is 1. The second-order valence-electron chi connectivity index (χ2n) is 7.82. The lowest BCUT2D eigenvalue weighted by molar-refractivity contribution is -0.147. The highest BCUT2D eigenvalue weighted by Crippen LogP contribution is 2.59. The summed E-state index contributed by atoms with van der Waals surface area (Å²) >= 11 is 0. The Morgan fingerprint density at radius 2 is 2.19 bits per heavy atom. The van der Waals surface area contributed by atoms with E-state index in [0.717, 1.165) is 24.2 Å². The van der Waals surface area contributed by atoms with Gasteiger partial charge in [0.25, 0.3) is 0 Å². The third kappa shape index (κ3) is 2.28. The van der Waals surface area contributed by atoms with Gasteiger partial charge in [-0.2, -0.15) is 0 Å². The first-order valence-electron chi connectivity index (χ1n) is 9.11. The van der Waals surface area contributed by atoms with E-state index in [-0.39, 0.29) is 35.9 Å². The van der Waals surface area contributed by atoms with Crippen LogP contribution in [-0.4, -0.2) is 49.7 Å². The van der Waals surface area contributed by atoms with Gasteiger partial charge in [0.05, 0.1) is 7.11 Å². The molecule has 140 valence electrons. The fourth-order valence-electron chi connectivity index (χ4n) is 5.23. The van der Waals surface area contributed by atoms with Crippen molar-refractivity contribution < 1.29 is 23.8 Å². The first-order chi connectivity index (χ1) is 12.4. The maximum absolute atomic E-state index is 12.7. The van der Waals surface area contributed by atoms with E-state index in [4.69, 9.17) is 14.2 Å². The number of methoxy groups -OCH3 is 1. The summed E-state index contributed by atoms with van der Waals surface area (Å²) in [6.45, 7) is 3.83. The Morgan fingerprint density at radius 1 is 1.42 bits per heavy atom. The van der Waals surface area contributed by atoms with Crippen LogP contribution in [0.1, 0.15) is 37.8 Å². The minimum atomic E-state index is -0.462. The molecule has 0 radical (unpaired) electrons. The van der Waals surface area contributed by atoms with Crippen LogP contribution in [0.15, 0.2) is 12.1 Å². The van der Waals surface area contributed by atoms with Crippen molar-refractivity contribution in [1.29, 1.82) is 0 Å². The van der Waals surface area contributed by atoms with Gasteiger partial charge in [-0.15, -0.1) is 0 Å². The molecule has 4 rings (SSSR count). The maximum Gasteiger partial charge on any atom is 0.303 e. The highest BCUT2D eigenvalue weighted by Gasteiger charge is 2.61. The Bertz CT molecular complexity index is 776. The lowest BCUT2D eigenvalue weighted by atomic mass is 9.55. The molecule has 0 spiro atoms. The fraction of sp³-hybridized carbons (Fsp3) is 0.600. The molecule has 1 fully saturated rings. The number of esters is 1. The van der Waals surface area contributed by atoms with Gasteiger partial charge in [0.1, 0.15) is 6.73 Å². The number of carbonyl (C=O) groups excluding carboxylic acids is 2. The largest absolute Gasteiger partial charge is 0.493 e. The number of ether oxygens (including phenoxy) is 3. The van der Waals surface area contributed by atoms with Crippen LogP contribution < -0.4 is 9.47 Å². The molecule has 1 aliphatic heterocycles. The molecule has 2 aliphatic carbocycles. The number of carbonyl (C=O) groups is 2. The summed E-state index contributed by atoms with van der Waals surface area (Å²) in [4.78, 5) is 26.0. The van der Waals surface area contributed by atoms with Crippen molar-refractivity contribution in [2.24, 2.45) is 5.92 Å². The van der Waals surface area contributed by atoms with Gasteiger partial charge in [0, 0.05) is 30.4 Å². The topological polar surface area (TPSA) is 65.1 Å². The molecule has 1 aromatic rings. The van der Waals surface area contributed by atoms with Gasteiger partial charge >= 0.3 is 5.97 Å². The molecule has 1 aromatic carbocycles. The summed E-state index contributed by atoms with van der Waals surface area (Å²) < 4.78 is 16.9. The number of nitrogens with zero attached hydrogens (tertiary/aromatic N) is 1. The van der Waals surface area contributed by atoms with E-state index < -0.39 is 6.10 Å². The summed E-state index contributed by atoms with van der Waals surface area (Å²) in [6.07, 6.45) is 1.72. The van der Waals surface area contributed by atoms with Crippen molar-refractivity contribution in [3.63, 3.8) is 0 Å². The van der Waals surface area contributed by atoms with E-state index >= 15 is 0 Å². The highest BCUT2D eigenvalue weighted by molar-refractivity contribution is 5.89. The second-order valence-corrected chi connectivity index (χ2v) is 7.82. The molecule has 0 amide bonds. The Labute approximate surface area is 153 Å². The molecule has 0 aromatic heterocycles. The van der Waals surface area contributed by atoms with Crippen LogP contribution in [0.3, 0.4) is 0 Å². The van der Waals surface area contributed by atoms with Gasteiger partial charge in [-0.3, -0.25) is 14.5 Å². The average Bonchev–Trinajstić information content (AvgIpc) is 2.94. The van der Waals surface area contributed by atoms with Gasteiger partial charge in [-0.1, -0.05) is 13.0 Å². The maximum atomic E-state index is 12.7. The summed E-state index contributed by atoms with van der Waals surface area (Å²) in [5.74, 6) is 1.56. The van der Waals surface area contributed by atoms with Gasteiger partial charge in [0.15, 0.2) is 23.4 Å². The molecule has 0 N–H and O–H groups in total. The van der Waals surface area contributed by atoms with E-state index in [2.05, 4.69) is 17.9 Å². The summed E-state index contributed by atoms with van der Waals surface area (Å²) in [5, 5.41) is 0. The normalized spacial score (nSPS) is 31.4. The monoisotopic (exact) mass is 359 g/mol. The Balaban J connectivity index is 1.79. The van der Waals surface area contributed by atoms with Crippen LogP contribution in [0.2, 0.25) is 0 Å². The zero-order valence-corrected chi connectivity index (χ0v) is 15.7. The van der Waals surface area contributed by atoms with Gasteiger partial charge in [-0.05, 0) is 37.4 Å². The van der Waals surface area contributed by atoms with Crippen molar-refractivity contribution in [3.05, 3.63) is 23.3 Å². The lowest BCUT2D eigenvalue weighted by Crippen LogP contribution is -2.60. The second kappa shape index (κ2) is 5.98. The SMILES string of the molecule is COc1ccc2c3c1O[C@H]1C(=O)CC[C@@H](C(N(C)COC(C)=O)C2)[C@@]31C. The van der Waals surface area contributed by atoms with Gasteiger partial charge in [0.2, 0.25) is 0 Å². The van der Waals surface area contributed by atoms with Crippen LogP contribution in [0.25, 0.3) is 0 Å². The highest BCUT2D eigenvalue weighted by atomic mass is 16.5. The van der Waals surface area contributed by atoms with E-state index in [9.17, 15) is 9.59 Å². The minimum absolute atomic E-state index is 0.163. The Kier molecular flexibility index (Phi) is 3.99. The summed E-state index contributed by atoms with van der Waals surface area (Å²) in [7, 11) is 3.61. The summed E-state index contributed by atoms with van der Waals surface area (Å²) in [6, 6.07) is 4.18. The molecular weight excluding hydrogens is 334 g/mol. The standard InChI is InChI=1S/C20H25NO5/c1-11(22)25-10-21(3)14-9-12-5-8-16(24-4)18-17(12)20(2)13(14)6-7-15(23)19(20)26-18/h5,8,13-14,19H,6-7,9-10H2,1-4H3/t13-,14?,19-,20-/m0/s1. The zero-order valence-electron chi connectivity index (χ0n) is 15.7. The summed E-state index contributed by atoms with van der Waals surface area (Å²) in [5.41, 5.74) is 1.95. The molecule has 3 aliphatic rings. The van der Waals surface area contributed by atoms with Crippen molar-refractivity contribution in [3.8, 4) is 11.5 Å². The third-order valence-electron chi connectivity index (χ3n) is 6.44. The molecular formula is C20H25NO5. The number of hydrogen-bond donors (Lipinski definition) is 0. The molecule has 6 nitrogen and oxygen atoms in total. The van der Waals surface area contributed by atoms with E-state index in [1.807, 2.05) is 13.1 Å². The third-order valence-corrected chi connectivity index (χ3v) is 6.44. The van der Waals surface area contributed by atoms with E-state index in [1.54, 1.807) is 7.11 Å². The quantitative estimate of drug-likeness (QED) is 0.606. The van der Waals surface area contributed by atoms with Crippen LogP contribution in [0, 0.1) is 5.92 Å². The Morgan fingerprint density at radius 3 is 2.88 bits per heavy atom. The molecule has 4 atom stereocenters. The van der Waals surface area contributed by atoms with Crippen LogP contribution >= 0.6 is 0 Å². The lowest BCUT2D eigenvalue weighted by Gasteiger charge is -2.50. The van der Waals surface area contributed by atoms with Gasteiger partial charge in [-0.25, -0.2) is 0 Å². The van der Waals surface area contributed by atoms with Crippen molar-refractivity contribution in [2.75, 3.05) is 20.9 Å². The number of likely N-dealkylation sites (N-methyl/N-ethyl adjacent to an activating group) is 1. The average molecular weight is 359 g/mol. The van der Waals surface area contributed by atoms with Crippen LogP contribution in [0.4, 0.5) is 0 Å². The van der Waals surface area contributed by atoms with Crippen LogP contribution in [-0.2, 0) is 26.2 Å². The first kappa shape index (κ1) is 17.3. The van der Waals surface area contributed by atoms with Crippen molar-refractivity contribution in [2.45, 2.75) is 50.7 Å². The Hall–Kier alpha value is -2.08. The molecule has 6 heteroatoms. The zero-order chi connectivity index (χ0) is 18.6. The predicted molar refractivity (Wildman–Crippen MR) is 94.4 cm³/mol. The van der Waals surface area contributed by atoms with E-state index in [0.29, 0.717) is 12.2 Å². The van der Waals surface area contributed by atoms with Crippen molar-refractivity contribution in [1.82, 2.24) is 4.90 Å².